The van der Waals surface area contributed by atoms with Crippen LogP contribution in [0, 0.1) is 5.92 Å². The van der Waals surface area contributed by atoms with Crippen LogP contribution < -0.4 is 5.32 Å². The number of nitrogens with one attached hydrogen (secondary N) is 1. The summed E-state index contributed by atoms with van der Waals surface area (Å²) in [5.41, 5.74) is 0. The third-order valence-corrected chi connectivity index (χ3v) is 3.03. The molecule has 0 bridgehead atoms. The largest absolute Gasteiger partial charge is 0.396 e. The molecule has 1 aromatic heterocycles. The zero-order chi connectivity index (χ0) is 13.0. The summed E-state index contributed by atoms with van der Waals surface area (Å²) in [5.74, 6) is 0.579. The van der Waals surface area contributed by atoms with Crippen LogP contribution in [0.5, 0.6) is 0 Å². The van der Waals surface area contributed by atoms with E-state index in [9.17, 15) is 13.2 Å². The number of piperidine rings is 1. The van der Waals surface area contributed by atoms with Crippen molar-refractivity contribution in [2.75, 3.05) is 13.1 Å². The molecule has 1 atom stereocenters. The topological polar surface area (TPSA) is 51.0 Å². The van der Waals surface area contributed by atoms with E-state index in [1.807, 2.05) is 0 Å². The van der Waals surface area contributed by atoms with Gasteiger partial charge in [-0.25, -0.2) is 0 Å². The Hall–Kier alpha value is -1.11. The molecule has 1 unspecified atom stereocenters. The fourth-order valence-electron chi connectivity index (χ4n) is 2.14. The van der Waals surface area contributed by atoms with Crippen molar-refractivity contribution in [2.24, 2.45) is 5.92 Å². The summed E-state index contributed by atoms with van der Waals surface area (Å²) in [5, 5.41) is 6.64. The van der Waals surface area contributed by atoms with Gasteiger partial charge in [-0.2, -0.15) is 18.2 Å². The number of aryl methyl sites for hydroxylation is 1. The Bertz CT molecular complexity index is 372. The monoisotopic (exact) mass is 263 g/mol. The fraction of sp³-hybridized carbons (Fsp3) is 0.818. The fourth-order valence-corrected chi connectivity index (χ4v) is 2.14. The summed E-state index contributed by atoms with van der Waals surface area (Å²) in [6.07, 6.45) is -1.68. The minimum absolute atomic E-state index is 0.278. The van der Waals surface area contributed by atoms with Crippen LogP contribution in [0.25, 0.3) is 0 Å². The average Bonchev–Trinajstić information content (AvgIpc) is 2.73. The van der Waals surface area contributed by atoms with Crippen LogP contribution >= 0.6 is 0 Å². The number of halogens is 3. The summed E-state index contributed by atoms with van der Waals surface area (Å²) in [4.78, 5) is 3.76. The Labute approximate surface area is 103 Å². The van der Waals surface area contributed by atoms with Crippen molar-refractivity contribution in [1.29, 1.82) is 0 Å². The number of hydrogen-bond acceptors (Lipinski definition) is 4. The summed E-state index contributed by atoms with van der Waals surface area (Å²) < 4.78 is 41.1. The number of aromatic nitrogens is 2. The molecule has 0 saturated carbocycles. The molecule has 102 valence electrons. The van der Waals surface area contributed by atoms with Gasteiger partial charge in [0.1, 0.15) is 6.42 Å². The minimum Gasteiger partial charge on any atom is -0.339 e. The van der Waals surface area contributed by atoms with Crippen molar-refractivity contribution >= 4 is 0 Å². The first-order chi connectivity index (χ1) is 8.53. The van der Waals surface area contributed by atoms with Crippen LogP contribution in [0.3, 0.4) is 0 Å². The molecule has 1 fully saturated rings. The average molecular weight is 263 g/mol. The lowest BCUT2D eigenvalue weighted by atomic mass is 9.95. The molecule has 0 aromatic carbocycles. The van der Waals surface area contributed by atoms with Crippen molar-refractivity contribution in [2.45, 2.75) is 38.3 Å². The van der Waals surface area contributed by atoms with Gasteiger partial charge in [-0.05, 0) is 38.3 Å². The summed E-state index contributed by atoms with van der Waals surface area (Å²) in [6.45, 7) is 2.01. The van der Waals surface area contributed by atoms with Gasteiger partial charge in [-0.3, -0.25) is 0 Å². The van der Waals surface area contributed by atoms with Crippen molar-refractivity contribution < 1.29 is 17.7 Å². The highest BCUT2D eigenvalue weighted by Gasteiger charge is 2.30. The molecule has 0 aliphatic carbocycles. The zero-order valence-electron chi connectivity index (χ0n) is 9.96. The molecule has 2 rings (SSSR count). The molecule has 1 aliphatic heterocycles. The smallest absolute Gasteiger partial charge is 0.339 e. The Kier molecular flexibility index (Phi) is 4.21. The highest BCUT2D eigenvalue weighted by atomic mass is 19.4. The molecule has 0 radical (unpaired) electrons. The predicted molar refractivity (Wildman–Crippen MR) is 58.0 cm³/mol. The lowest BCUT2D eigenvalue weighted by molar-refractivity contribution is -0.128. The van der Waals surface area contributed by atoms with Crippen LogP contribution in [0.15, 0.2) is 4.52 Å². The zero-order valence-corrected chi connectivity index (χ0v) is 9.96. The molecular formula is C11H16F3N3O. The van der Waals surface area contributed by atoms with Gasteiger partial charge < -0.3 is 9.84 Å². The molecule has 1 aliphatic rings. The molecule has 4 nitrogen and oxygen atoms in total. The molecule has 1 aromatic rings. The Morgan fingerprint density at radius 1 is 1.39 bits per heavy atom. The number of hydrogen-bond donors (Lipinski definition) is 1. The lowest BCUT2D eigenvalue weighted by Gasteiger charge is -2.21. The second-order valence-corrected chi connectivity index (χ2v) is 4.65. The maximum Gasteiger partial charge on any atom is 0.396 e. The number of rotatable bonds is 4. The standard InChI is InChI=1S/C11H16F3N3O/c12-11(13,14)6-9-16-10(18-17-9)4-3-8-2-1-5-15-7-8/h8,15H,1-7H2. The lowest BCUT2D eigenvalue weighted by Crippen LogP contribution is -2.29. The first-order valence-corrected chi connectivity index (χ1v) is 6.12. The normalized spacial score (nSPS) is 21.2. The molecule has 0 spiro atoms. The summed E-state index contributed by atoms with van der Waals surface area (Å²) in [7, 11) is 0. The molecule has 0 amide bonds. The van der Waals surface area contributed by atoms with Crippen molar-refractivity contribution in [1.82, 2.24) is 15.5 Å². The van der Waals surface area contributed by atoms with E-state index in [0.29, 0.717) is 18.2 Å². The van der Waals surface area contributed by atoms with Gasteiger partial charge in [0.2, 0.25) is 5.89 Å². The van der Waals surface area contributed by atoms with Crippen molar-refractivity contribution in [3.8, 4) is 0 Å². The predicted octanol–water partition coefficient (Wildman–Crippen LogP) is 2.11. The van der Waals surface area contributed by atoms with Crippen LogP contribution in [0.2, 0.25) is 0 Å². The van der Waals surface area contributed by atoms with Crippen LogP contribution in [-0.2, 0) is 12.8 Å². The molecule has 1 N–H and O–H groups in total. The van der Waals surface area contributed by atoms with E-state index in [1.165, 1.54) is 0 Å². The minimum atomic E-state index is -4.28. The van der Waals surface area contributed by atoms with Gasteiger partial charge in [0, 0.05) is 6.42 Å². The first-order valence-electron chi connectivity index (χ1n) is 6.12. The highest BCUT2D eigenvalue weighted by Crippen LogP contribution is 2.20. The quantitative estimate of drug-likeness (QED) is 0.904. The van der Waals surface area contributed by atoms with E-state index in [2.05, 4.69) is 15.5 Å². The second kappa shape index (κ2) is 5.69. The van der Waals surface area contributed by atoms with E-state index in [1.54, 1.807) is 0 Å². The third kappa shape index (κ3) is 4.29. The Balaban J connectivity index is 1.79. The number of nitrogens with zero attached hydrogens (tertiary/aromatic N) is 2. The van der Waals surface area contributed by atoms with Gasteiger partial charge in [0.05, 0.1) is 0 Å². The van der Waals surface area contributed by atoms with Gasteiger partial charge in [-0.15, -0.1) is 0 Å². The van der Waals surface area contributed by atoms with Crippen molar-refractivity contribution in [3.05, 3.63) is 11.7 Å². The second-order valence-electron chi connectivity index (χ2n) is 4.65. The van der Waals surface area contributed by atoms with E-state index in [0.717, 1.165) is 32.4 Å². The van der Waals surface area contributed by atoms with Gasteiger partial charge in [-0.1, -0.05) is 5.16 Å². The SMILES string of the molecule is FC(F)(F)Cc1noc(CCC2CCCNC2)n1. The Morgan fingerprint density at radius 3 is 2.89 bits per heavy atom. The van der Waals surface area contributed by atoms with Crippen LogP contribution in [-0.4, -0.2) is 29.4 Å². The van der Waals surface area contributed by atoms with Crippen LogP contribution in [0.1, 0.15) is 31.0 Å². The van der Waals surface area contributed by atoms with E-state index in [-0.39, 0.29) is 5.82 Å². The molecule has 7 heteroatoms. The van der Waals surface area contributed by atoms with E-state index < -0.39 is 12.6 Å². The van der Waals surface area contributed by atoms with Gasteiger partial charge in [0.15, 0.2) is 5.82 Å². The van der Waals surface area contributed by atoms with Gasteiger partial charge in [0.25, 0.3) is 0 Å². The maximum atomic E-state index is 12.1. The third-order valence-electron chi connectivity index (χ3n) is 3.03. The molecule has 2 heterocycles. The highest BCUT2D eigenvalue weighted by molar-refractivity contribution is 4.89. The van der Waals surface area contributed by atoms with E-state index in [4.69, 9.17) is 4.52 Å². The Morgan fingerprint density at radius 2 is 2.22 bits per heavy atom. The summed E-state index contributed by atoms with van der Waals surface area (Å²) >= 11 is 0. The molecular weight excluding hydrogens is 247 g/mol. The first kappa shape index (κ1) is 13.3. The summed E-state index contributed by atoms with van der Waals surface area (Å²) in [6, 6.07) is 0. The van der Waals surface area contributed by atoms with Crippen molar-refractivity contribution in [3.63, 3.8) is 0 Å². The number of alkyl halides is 3. The molecule has 1 saturated heterocycles. The van der Waals surface area contributed by atoms with E-state index >= 15 is 0 Å². The van der Waals surface area contributed by atoms with Gasteiger partial charge >= 0.3 is 6.18 Å². The maximum absolute atomic E-state index is 12.1. The molecule has 18 heavy (non-hydrogen) atoms. The van der Waals surface area contributed by atoms with Crippen LogP contribution in [0.4, 0.5) is 13.2 Å².